The first-order valence-corrected chi connectivity index (χ1v) is 11.6. The van der Waals surface area contributed by atoms with E-state index in [1.807, 2.05) is 43.5 Å². The molecule has 1 atom stereocenters. The number of carbonyl (C=O) groups is 1. The molecule has 1 unspecified atom stereocenters. The van der Waals surface area contributed by atoms with Crippen molar-refractivity contribution in [3.05, 3.63) is 93.5 Å². The Balaban J connectivity index is 1.49. The van der Waals surface area contributed by atoms with Gasteiger partial charge >= 0.3 is 0 Å². The third kappa shape index (κ3) is 3.96. The summed E-state index contributed by atoms with van der Waals surface area (Å²) in [7, 11) is 0. The maximum absolute atomic E-state index is 13.7. The van der Waals surface area contributed by atoms with Gasteiger partial charge in [0.25, 0.3) is 0 Å². The smallest absolute Gasteiger partial charge is 0.231 e. The van der Waals surface area contributed by atoms with Crippen molar-refractivity contribution in [1.29, 1.82) is 0 Å². The molecule has 5 rings (SSSR count). The topological polar surface area (TPSA) is 78.3 Å². The third-order valence-electron chi connectivity index (χ3n) is 6.78. The quantitative estimate of drug-likeness (QED) is 0.339. The monoisotopic (exact) mass is 462 g/mol. The molecule has 1 aliphatic carbocycles. The van der Waals surface area contributed by atoms with Crippen molar-refractivity contribution in [3.63, 3.8) is 0 Å². The van der Waals surface area contributed by atoms with Gasteiger partial charge in [-0.2, -0.15) is 0 Å². The number of benzene rings is 2. The van der Waals surface area contributed by atoms with Gasteiger partial charge in [-0.25, -0.2) is 0 Å². The van der Waals surface area contributed by atoms with Gasteiger partial charge in [0.15, 0.2) is 5.22 Å². The van der Waals surface area contributed by atoms with Gasteiger partial charge in [-0.1, -0.05) is 29.8 Å². The Hall–Kier alpha value is -3.02. The van der Waals surface area contributed by atoms with E-state index in [1.165, 1.54) is 0 Å². The SMILES string of the molecule is Cc1ccc(C(NC(=O)C2(c3ccc4[nH]cc(CCO)c4c3)CC2)c2ccc(Cl)o2)c(C)c1. The molecule has 2 heterocycles. The fourth-order valence-corrected chi connectivity index (χ4v) is 4.93. The van der Waals surface area contributed by atoms with E-state index >= 15 is 0 Å². The molecule has 6 heteroatoms. The maximum Gasteiger partial charge on any atom is 0.231 e. The zero-order valence-electron chi connectivity index (χ0n) is 18.7. The van der Waals surface area contributed by atoms with Crippen LogP contribution in [0.3, 0.4) is 0 Å². The molecule has 1 fully saturated rings. The summed E-state index contributed by atoms with van der Waals surface area (Å²) >= 11 is 6.08. The van der Waals surface area contributed by atoms with Crippen molar-refractivity contribution in [3.8, 4) is 0 Å². The molecule has 5 nitrogen and oxygen atoms in total. The Bertz CT molecular complexity index is 1330. The van der Waals surface area contributed by atoms with Crippen LogP contribution in [0.1, 0.15) is 52.5 Å². The Morgan fingerprint density at radius 3 is 2.67 bits per heavy atom. The standard InChI is InChI=1S/C27H27ClN2O3/c1-16-3-5-20(17(2)13-16)25(23-7-8-24(28)33-23)30-26(32)27(10-11-27)19-4-6-22-21(14-19)18(9-12-31)15-29-22/h3-8,13-15,25,29,31H,9-12H2,1-2H3,(H,30,32). The predicted molar refractivity (Wildman–Crippen MR) is 130 cm³/mol. The number of aryl methyl sites for hydroxylation is 2. The number of nitrogens with one attached hydrogen (secondary N) is 2. The number of amides is 1. The minimum absolute atomic E-state index is 0.0152. The number of carbonyl (C=O) groups excluding carboxylic acids is 1. The number of aliphatic hydroxyl groups excluding tert-OH is 1. The fourth-order valence-electron chi connectivity index (χ4n) is 4.78. The van der Waals surface area contributed by atoms with Crippen LogP contribution in [0.2, 0.25) is 5.22 Å². The van der Waals surface area contributed by atoms with Crippen molar-refractivity contribution >= 4 is 28.4 Å². The lowest BCUT2D eigenvalue weighted by Crippen LogP contribution is -2.38. The van der Waals surface area contributed by atoms with Crippen LogP contribution >= 0.6 is 11.6 Å². The summed E-state index contributed by atoms with van der Waals surface area (Å²) in [4.78, 5) is 17.0. The van der Waals surface area contributed by atoms with E-state index in [1.54, 1.807) is 6.07 Å². The second kappa shape index (κ2) is 8.40. The summed E-state index contributed by atoms with van der Waals surface area (Å²) < 4.78 is 5.74. The first-order valence-electron chi connectivity index (χ1n) is 11.3. The van der Waals surface area contributed by atoms with Gasteiger partial charge < -0.3 is 19.8 Å². The second-order valence-corrected chi connectivity index (χ2v) is 9.41. The number of halogens is 1. The molecule has 0 aliphatic heterocycles. The van der Waals surface area contributed by atoms with Crippen LogP contribution in [0, 0.1) is 13.8 Å². The molecule has 3 N–H and O–H groups in total. The van der Waals surface area contributed by atoms with Gasteiger partial charge in [0.1, 0.15) is 11.8 Å². The number of aliphatic hydroxyl groups is 1. The van der Waals surface area contributed by atoms with Crippen molar-refractivity contribution in [1.82, 2.24) is 10.3 Å². The average Bonchev–Trinajstić information content (AvgIpc) is 3.35. The van der Waals surface area contributed by atoms with Crippen LogP contribution < -0.4 is 5.32 Å². The minimum Gasteiger partial charge on any atom is -0.447 e. The van der Waals surface area contributed by atoms with Crippen LogP contribution in [-0.2, 0) is 16.6 Å². The zero-order chi connectivity index (χ0) is 23.2. The molecule has 2 aromatic heterocycles. The van der Waals surface area contributed by atoms with Gasteiger partial charge in [0, 0.05) is 23.7 Å². The van der Waals surface area contributed by atoms with Crippen LogP contribution in [0.4, 0.5) is 0 Å². The van der Waals surface area contributed by atoms with Crippen LogP contribution in [0.5, 0.6) is 0 Å². The van der Waals surface area contributed by atoms with Crippen molar-refractivity contribution in [2.24, 2.45) is 0 Å². The number of hydrogen-bond acceptors (Lipinski definition) is 3. The largest absolute Gasteiger partial charge is 0.447 e. The minimum atomic E-state index is -0.560. The normalized spacial score (nSPS) is 15.5. The van der Waals surface area contributed by atoms with Crippen LogP contribution in [0.25, 0.3) is 10.9 Å². The molecule has 170 valence electrons. The van der Waals surface area contributed by atoms with E-state index in [-0.39, 0.29) is 12.5 Å². The molecule has 0 bridgehead atoms. The summed E-state index contributed by atoms with van der Waals surface area (Å²) in [6.45, 7) is 4.18. The molecule has 1 saturated carbocycles. The lowest BCUT2D eigenvalue weighted by molar-refractivity contribution is -0.124. The summed E-state index contributed by atoms with van der Waals surface area (Å²) in [5.41, 5.74) is 5.75. The Morgan fingerprint density at radius 2 is 2.00 bits per heavy atom. The van der Waals surface area contributed by atoms with E-state index in [0.29, 0.717) is 17.4 Å². The molecule has 0 saturated heterocycles. The molecule has 4 aromatic rings. The molecule has 33 heavy (non-hydrogen) atoms. The van der Waals surface area contributed by atoms with E-state index in [9.17, 15) is 9.90 Å². The summed E-state index contributed by atoms with van der Waals surface area (Å²) in [5.74, 6) is 0.598. The highest BCUT2D eigenvalue weighted by molar-refractivity contribution is 6.28. The number of hydrogen-bond donors (Lipinski definition) is 3. The van der Waals surface area contributed by atoms with Crippen LogP contribution in [-0.4, -0.2) is 22.6 Å². The zero-order valence-corrected chi connectivity index (χ0v) is 19.5. The number of aromatic amines is 1. The molecule has 0 radical (unpaired) electrons. The second-order valence-electron chi connectivity index (χ2n) is 9.04. The van der Waals surface area contributed by atoms with Gasteiger partial charge in [-0.05, 0) is 91.2 Å². The highest BCUT2D eigenvalue weighted by atomic mass is 35.5. The molecule has 2 aromatic carbocycles. The van der Waals surface area contributed by atoms with Gasteiger partial charge in [0.05, 0.1) is 5.41 Å². The molecule has 0 spiro atoms. The lowest BCUT2D eigenvalue weighted by Gasteiger charge is -2.23. The molecule has 1 amide bonds. The Morgan fingerprint density at radius 1 is 1.18 bits per heavy atom. The summed E-state index contributed by atoms with van der Waals surface area (Å²) in [6.07, 6.45) is 4.10. The van der Waals surface area contributed by atoms with Gasteiger partial charge in [0.2, 0.25) is 5.91 Å². The van der Waals surface area contributed by atoms with Gasteiger partial charge in [-0.3, -0.25) is 4.79 Å². The molecular formula is C27H27ClN2O3. The lowest BCUT2D eigenvalue weighted by atomic mass is 9.91. The Labute approximate surface area is 197 Å². The fraction of sp³-hybridized carbons (Fsp3) is 0.296. The van der Waals surface area contributed by atoms with Crippen molar-refractivity contribution in [2.75, 3.05) is 6.61 Å². The summed E-state index contributed by atoms with van der Waals surface area (Å²) in [5, 5.41) is 14.0. The number of aromatic nitrogens is 1. The summed E-state index contributed by atoms with van der Waals surface area (Å²) in [6, 6.07) is 15.4. The number of furan rings is 1. The predicted octanol–water partition coefficient (Wildman–Crippen LogP) is 5.50. The number of rotatable bonds is 7. The third-order valence-corrected chi connectivity index (χ3v) is 6.98. The maximum atomic E-state index is 13.7. The highest BCUT2D eigenvalue weighted by Gasteiger charge is 2.52. The number of H-pyrrole nitrogens is 1. The first-order chi connectivity index (χ1) is 15.9. The highest BCUT2D eigenvalue weighted by Crippen LogP contribution is 2.49. The van der Waals surface area contributed by atoms with Crippen molar-refractivity contribution < 1.29 is 14.3 Å². The van der Waals surface area contributed by atoms with Gasteiger partial charge in [-0.15, -0.1) is 0 Å². The number of fused-ring (bicyclic) bond motifs is 1. The van der Waals surface area contributed by atoms with E-state index in [4.69, 9.17) is 16.0 Å². The van der Waals surface area contributed by atoms with Crippen LogP contribution in [0.15, 0.2) is 59.1 Å². The molecular weight excluding hydrogens is 436 g/mol. The first kappa shape index (κ1) is 21.8. The van der Waals surface area contributed by atoms with E-state index in [0.717, 1.165) is 51.6 Å². The Kier molecular flexibility index (Phi) is 5.55. The average molecular weight is 463 g/mol. The van der Waals surface area contributed by atoms with E-state index < -0.39 is 11.5 Å². The van der Waals surface area contributed by atoms with Crippen molar-refractivity contribution in [2.45, 2.75) is 44.6 Å². The van der Waals surface area contributed by atoms with E-state index in [2.05, 4.69) is 29.4 Å². The molecule has 1 aliphatic rings.